The summed E-state index contributed by atoms with van der Waals surface area (Å²) in [6.07, 6.45) is 3.07. The lowest BCUT2D eigenvalue weighted by Crippen LogP contribution is -2.03. The van der Waals surface area contributed by atoms with Crippen LogP contribution in [0.2, 0.25) is 0 Å². The van der Waals surface area contributed by atoms with Crippen molar-refractivity contribution in [3.8, 4) is 5.75 Å². The summed E-state index contributed by atoms with van der Waals surface area (Å²) in [6, 6.07) is 1.65. The SMILES string of the molecule is COC(=O)c1cnn2ccc(N)c(OC)c12. The maximum absolute atomic E-state index is 11.5. The van der Waals surface area contributed by atoms with Crippen LogP contribution in [0.1, 0.15) is 10.4 Å². The normalized spacial score (nSPS) is 10.4. The third-order valence-corrected chi connectivity index (χ3v) is 2.28. The van der Waals surface area contributed by atoms with Crippen LogP contribution in [0.15, 0.2) is 18.5 Å². The van der Waals surface area contributed by atoms with E-state index in [-0.39, 0.29) is 0 Å². The second-order valence-electron chi connectivity index (χ2n) is 3.15. The van der Waals surface area contributed by atoms with Gasteiger partial charge in [0.2, 0.25) is 0 Å². The summed E-state index contributed by atoms with van der Waals surface area (Å²) in [4.78, 5) is 11.5. The lowest BCUT2D eigenvalue weighted by atomic mass is 10.2. The molecule has 0 saturated heterocycles. The van der Waals surface area contributed by atoms with E-state index in [0.717, 1.165) is 0 Å². The predicted octanol–water partition coefficient (Wildman–Crippen LogP) is 0.712. The van der Waals surface area contributed by atoms with E-state index < -0.39 is 5.97 Å². The molecule has 0 bridgehead atoms. The number of nitrogens with two attached hydrogens (primary N) is 1. The first kappa shape index (κ1) is 10.3. The molecule has 0 fully saturated rings. The van der Waals surface area contributed by atoms with E-state index in [1.165, 1.54) is 24.9 Å². The maximum Gasteiger partial charge on any atom is 0.341 e. The van der Waals surface area contributed by atoms with Crippen LogP contribution in [0.25, 0.3) is 5.52 Å². The van der Waals surface area contributed by atoms with Gasteiger partial charge >= 0.3 is 5.97 Å². The fourth-order valence-electron chi connectivity index (χ4n) is 1.54. The monoisotopic (exact) mass is 221 g/mol. The summed E-state index contributed by atoms with van der Waals surface area (Å²) in [6.45, 7) is 0. The fraction of sp³-hybridized carbons (Fsp3) is 0.200. The highest BCUT2D eigenvalue weighted by molar-refractivity contribution is 5.99. The Labute approximate surface area is 91.6 Å². The van der Waals surface area contributed by atoms with Gasteiger partial charge in [-0.1, -0.05) is 0 Å². The van der Waals surface area contributed by atoms with E-state index >= 15 is 0 Å². The molecule has 84 valence electrons. The van der Waals surface area contributed by atoms with Crippen molar-refractivity contribution in [1.29, 1.82) is 0 Å². The zero-order valence-corrected chi connectivity index (χ0v) is 8.93. The Balaban J connectivity index is 2.77. The van der Waals surface area contributed by atoms with Gasteiger partial charge in [-0.25, -0.2) is 9.31 Å². The number of methoxy groups -OCH3 is 2. The van der Waals surface area contributed by atoms with Crippen molar-refractivity contribution in [2.45, 2.75) is 0 Å². The van der Waals surface area contributed by atoms with E-state index in [1.807, 2.05) is 0 Å². The highest BCUT2D eigenvalue weighted by atomic mass is 16.5. The van der Waals surface area contributed by atoms with Crippen molar-refractivity contribution in [2.75, 3.05) is 20.0 Å². The quantitative estimate of drug-likeness (QED) is 0.755. The largest absolute Gasteiger partial charge is 0.492 e. The van der Waals surface area contributed by atoms with Crippen molar-refractivity contribution < 1.29 is 14.3 Å². The molecule has 0 spiro atoms. The zero-order valence-electron chi connectivity index (χ0n) is 8.93. The summed E-state index contributed by atoms with van der Waals surface area (Å²) < 4.78 is 11.3. The smallest absolute Gasteiger partial charge is 0.341 e. The molecular weight excluding hydrogens is 210 g/mol. The number of hydrogen-bond acceptors (Lipinski definition) is 5. The second kappa shape index (κ2) is 3.73. The van der Waals surface area contributed by atoms with Crippen molar-refractivity contribution in [1.82, 2.24) is 9.61 Å². The third-order valence-electron chi connectivity index (χ3n) is 2.28. The van der Waals surface area contributed by atoms with Crippen molar-refractivity contribution >= 4 is 17.2 Å². The van der Waals surface area contributed by atoms with Gasteiger partial charge in [0.25, 0.3) is 0 Å². The number of esters is 1. The molecule has 0 aromatic carbocycles. The molecule has 6 heteroatoms. The molecule has 6 nitrogen and oxygen atoms in total. The number of rotatable bonds is 2. The first-order valence-corrected chi connectivity index (χ1v) is 4.57. The Morgan fingerprint density at radius 2 is 2.25 bits per heavy atom. The molecule has 2 aromatic rings. The first-order valence-electron chi connectivity index (χ1n) is 4.57. The minimum Gasteiger partial charge on any atom is -0.492 e. The molecule has 0 amide bonds. The number of fused-ring (bicyclic) bond motifs is 1. The van der Waals surface area contributed by atoms with E-state index in [1.54, 1.807) is 12.3 Å². The highest BCUT2D eigenvalue weighted by Crippen LogP contribution is 2.29. The molecule has 2 heterocycles. The molecule has 0 radical (unpaired) electrons. The van der Waals surface area contributed by atoms with E-state index in [4.69, 9.17) is 10.5 Å². The van der Waals surface area contributed by atoms with Gasteiger partial charge in [-0.15, -0.1) is 0 Å². The molecule has 0 aliphatic carbocycles. The Morgan fingerprint density at radius 1 is 1.50 bits per heavy atom. The van der Waals surface area contributed by atoms with Gasteiger partial charge in [-0.2, -0.15) is 5.10 Å². The second-order valence-corrected chi connectivity index (χ2v) is 3.15. The zero-order chi connectivity index (χ0) is 11.7. The molecule has 2 rings (SSSR count). The summed E-state index contributed by atoms with van der Waals surface area (Å²) in [5.41, 5.74) is 7.03. The number of pyridine rings is 1. The van der Waals surface area contributed by atoms with Gasteiger partial charge in [0.15, 0.2) is 5.75 Å². The average Bonchev–Trinajstić information content (AvgIpc) is 2.72. The number of carbonyl (C=O) groups excluding carboxylic acids is 1. The van der Waals surface area contributed by atoms with E-state index in [9.17, 15) is 4.79 Å². The first-order chi connectivity index (χ1) is 7.69. The van der Waals surface area contributed by atoms with Gasteiger partial charge in [0.1, 0.15) is 11.1 Å². The fourth-order valence-corrected chi connectivity index (χ4v) is 1.54. The predicted molar refractivity (Wildman–Crippen MR) is 57.5 cm³/mol. The van der Waals surface area contributed by atoms with E-state index in [2.05, 4.69) is 9.84 Å². The number of nitrogen functional groups attached to an aromatic ring is 1. The summed E-state index contributed by atoms with van der Waals surface area (Å²) in [5, 5.41) is 4.02. The van der Waals surface area contributed by atoms with Gasteiger partial charge in [0, 0.05) is 6.20 Å². The average molecular weight is 221 g/mol. The number of anilines is 1. The number of hydrogen-bond donors (Lipinski definition) is 1. The molecule has 2 N–H and O–H groups in total. The van der Waals surface area contributed by atoms with Crippen molar-refractivity contribution in [2.24, 2.45) is 0 Å². The van der Waals surface area contributed by atoms with Crippen LogP contribution >= 0.6 is 0 Å². The third kappa shape index (κ3) is 1.35. The lowest BCUT2D eigenvalue weighted by Gasteiger charge is -2.07. The van der Waals surface area contributed by atoms with Crippen LogP contribution in [0.4, 0.5) is 5.69 Å². The van der Waals surface area contributed by atoms with Crippen LogP contribution in [-0.4, -0.2) is 29.8 Å². The van der Waals surface area contributed by atoms with Gasteiger partial charge in [0.05, 0.1) is 26.1 Å². The van der Waals surface area contributed by atoms with Gasteiger partial charge in [-0.3, -0.25) is 0 Å². The minimum absolute atomic E-state index is 0.326. The maximum atomic E-state index is 11.5. The Hall–Kier alpha value is -2.24. The number of carbonyl (C=O) groups is 1. The molecular formula is C10H11N3O3. The van der Waals surface area contributed by atoms with Crippen LogP contribution in [0.3, 0.4) is 0 Å². The Kier molecular flexibility index (Phi) is 2.40. The molecule has 0 aliphatic rings. The lowest BCUT2D eigenvalue weighted by molar-refractivity contribution is 0.0602. The minimum atomic E-state index is -0.473. The van der Waals surface area contributed by atoms with Gasteiger partial charge < -0.3 is 15.2 Å². The summed E-state index contributed by atoms with van der Waals surface area (Å²) >= 11 is 0. The summed E-state index contributed by atoms with van der Waals surface area (Å²) in [5.74, 6) is -0.0562. The topological polar surface area (TPSA) is 78.8 Å². The number of ether oxygens (including phenoxy) is 2. The molecule has 0 atom stereocenters. The van der Waals surface area contributed by atoms with Crippen LogP contribution in [0.5, 0.6) is 5.75 Å². The van der Waals surface area contributed by atoms with E-state index in [0.29, 0.717) is 22.5 Å². The standard InChI is InChI=1S/C10H11N3O3/c1-15-9-7(11)3-4-13-8(9)6(5-12-13)10(14)16-2/h3-5H,11H2,1-2H3. The van der Waals surface area contributed by atoms with Crippen LogP contribution < -0.4 is 10.5 Å². The Morgan fingerprint density at radius 3 is 2.88 bits per heavy atom. The molecule has 0 unspecified atom stereocenters. The highest BCUT2D eigenvalue weighted by Gasteiger charge is 2.18. The van der Waals surface area contributed by atoms with Crippen LogP contribution in [-0.2, 0) is 4.74 Å². The summed E-state index contributed by atoms with van der Waals surface area (Å²) in [7, 11) is 2.80. The molecule has 0 aliphatic heterocycles. The molecule has 2 aromatic heterocycles. The van der Waals surface area contributed by atoms with Crippen molar-refractivity contribution in [3.05, 3.63) is 24.0 Å². The van der Waals surface area contributed by atoms with Crippen LogP contribution in [0, 0.1) is 0 Å². The number of nitrogens with zero attached hydrogens (tertiary/aromatic N) is 2. The number of aromatic nitrogens is 2. The molecule has 16 heavy (non-hydrogen) atoms. The molecule has 0 saturated carbocycles. The van der Waals surface area contributed by atoms with Gasteiger partial charge in [-0.05, 0) is 6.07 Å². The Bertz CT molecular complexity index is 547. The van der Waals surface area contributed by atoms with Crippen molar-refractivity contribution in [3.63, 3.8) is 0 Å².